The number of carbonyl (C=O) groups excluding carboxylic acids is 1. The van der Waals surface area contributed by atoms with Gasteiger partial charge in [-0.3, -0.25) is 9.69 Å². The molecule has 0 radical (unpaired) electrons. The van der Waals surface area contributed by atoms with Crippen molar-refractivity contribution in [1.29, 1.82) is 0 Å². The Kier molecular flexibility index (Phi) is 5.97. The first-order valence-electron chi connectivity index (χ1n) is 9.84. The molecule has 1 amide bonds. The van der Waals surface area contributed by atoms with Crippen molar-refractivity contribution in [2.45, 2.75) is 19.4 Å². The molecule has 4 rings (SSSR count). The van der Waals surface area contributed by atoms with Crippen molar-refractivity contribution in [2.75, 3.05) is 33.0 Å². The molecule has 0 saturated carbocycles. The van der Waals surface area contributed by atoms with Crippen LogP contribution in [-0.4, -0.2) is 43.8 Å². The monoisotopic (exact) mass is 382 g/mol. The number of benzene rings is 2. The average molecular weight is 382 g/mol. The molecule has 2 aromatic carbocycles. The van der Waals surface area contributed by atoms with Crippen molar-refractivity contribution in [2.24, 2.45) is 5.92 Å². The predicted molar refractivity (Wildman–Crippen MR) is 106 cm³/mol. The Labute approximate surface area is 165 Å². The topological polar surface area (TPSA) is 60.0 Å². The molecule has 0 aliphatic carbocycles. The van der Waals surface area contributed by atoms with Crippen LogP contribution in [-0.2, 0) is 11.3 Å². The van der Waals surface area contributed by atoms with Crippen LogP contribution in [0, 0.1) is 5.92 Å². The fourth-order valence-corrected chi connectivity index (χ4v) is 3.71. The molecule has 2 aromatic rings. The minimum Gasteiger partial charge on any atom is -0.492 e. The van der Waals surface area contributed by atoms with Gasteiger partial charge in [0.2, 0.25) is 12.7 Å². The van der Waals surface area contributed by atoms with E-state index in [0.29, 0.717) is 24.7 Å². The molecule has 1 saturated heterocycles. The van der Waals surface area contributed by atoms with Crippen molar-refractivity contribution >= 4 is 5.91 Å². The molecule has 0 bridgehead atoms. The maximum atomic E-state index is 12.5. The van der Waals surface area contributed by atoms with Gasteiger partial charge in [0.15, 0.2) is 11.5 Å². The van der Waals surface area contributed by atoms with Gasteiger partial charge in [-0.2, -0.15) is 0 Å². The third-order valence-electron chi connectivity index (χ3n) is 5.14. The summed E-state index contributed by atoms with van der Waals surface area (Å²) in [6.45, 7) is 3.92. The molecule has 6 nitrogen and oxygen atoms in total. The van der Waals surface area contributed by atoms with Crippen LogP contribution in [0.2, 0.25) is 0 Å². The lowest BCUT2D eigenvalue weighted by atomic mass is 9.96. The Morgan fingerprint density at radius 3 is 2.89 bits per heavy atom. The average Bonchev–Trinajstić information content (AvgIpc) is 3.20. The van der Waals surface area contributed by atoms with Crippen LogP contribution in [0.25, 0.3) is 0 Å². The first-order chi connectivity index (χ1) is 13.8. The van der Waals surface area contributed by atoms with Gasteiger partial charge in [-0.25, -0.2) is 0 Å². The van der Waals surface area contributed by atoms with Crippen LogP contribution in [0.15, 0.2) is 48.5 Å². The standard InChI is InChI=1S/C22H26N2O4/c25-22(18-7-4-11-24(15-18)14-17-5-2-1-3-6-17)23-10-12-26-19-8-9-20-21(13-19)28-16-27-20/h1-3,5-6,8-9,13,18H,4,7,10-12,14-16H2,(H,23,25). The van der Waals surface area contributed by atoms with E-state index >= 15 is 0 Å². The van der Waals surface area contributed by atoms with E-state index in [1.54, 1.807) is 0 Å². The van der Waals surface area contributed by atoms with Gasteiger partial charge >= 0.3 is 0 Å². The summed E-state index contributed by atoms with van der Waals surface area (Å²) in [4.78, 5) is 14.9. The van der Waals surface area contributed by atoms with E-state index in [4.69, 9.17) is 14.2 Å². The molecule has 6 heteroatoms. The fourth-order valence-electron chi connectivity index (χ4n) is 3.71. The van der Waals surface area contributed by atoms with Crippen molar-refractivity contribution in [3.8, 4) is 17.2 Å². The third kappa shape index (κ3) is 4.75. The van der Waals surface area contributed by atoms with Crippen LogP contribution in [0.4, 0.5) is 0 Å². The summed E-state index contributed by atoms with van der Waals surface area (Å²) in [5.74, 6) is 2.31. The maximum Gasteiger partial charge on any atom is 0.231 e. The van der Waals surface area contributed by atoms with Gasteiger partial charge in [0, 0.05) is 19.2 Å². The Bertz CT molecular complexity index is 796. The summed E-state index contributed by atoms with van der Waals surface area (Å²) in [6, 6.07) is 15.9. The van der Waals surface area contributed by atoms with Crippen LogP contribution < -0.4 is 19.5 Å². The quantitative estimate of drug-likeness (QED) is 0.747. The molecular formula is C22H26N2O4. The van der Waals surface area contributed by atoms with E-state index < -0.39 is 0 Å². The van der Waals surface area contributed by atoms with E-state index in [9.17, 15) is 4.79 Å². The van der Waals surface area contributed by atoms with E-state index in [1.165, 1.54) is 5.56 Å². The molecule has 1 atom stereocenters. The third-order valence-corrected chi connectivity index (χ3v) is 5.14. The van der Waals surface area contributed by atoms with E-state index in [-0.39, 0.29) is 18.6 Å². The summed E-state index contributed by atoms with van der Waals surface area (Å²) < 4.78 is 16.3. The molecule has 2 heterocycles. The number of hydrogen-bond donors (Lipinski definition) is 1. The molecule has 0 aromatic heterocycles. The smallest absolute Gasteiger partial charge is 0.231 e. The molecule has 2 aliphatic heterocycles. The summed E-state index contributed by atoms with van der Waals surface area (Å²) in [6.07, 6.45) is 2.00. The number of likely N-dealkylation sites (tertiary alicyclic amines) is 1. The van der Waals surface area contributed by atoms with Gasteiger partial charge in [-0.15, -0.1) is 0 Å². The van der Waals surface area contributed by atoms with Crippen LogP contribution in [0.5, 0.6) is 17.2 Å². The molecular weight excluding hydrogens is 356 g/mol. The van der Waals surface area contributed by atoms with Crippen molar-refractivity contribution in [3.63, 3.8) is 0 Å². The summed E-state index contributed by atoms with van der Waals surface area (Å²) in [5, 5.41) is 3.01. The Morgan fingerprint density at radius 1 is 1.14 bits per heavy atom. The normalized spacial score (nSPS) is 18.6. The lowest BCUT2D eigenvalue weighted by Gasteiger charge is -2.32. The Balaban J connectivity index is 1.19. The Morgan fingerprint density at radius 2 is 2.00 bits per heavy atom. The second-order valence-electron chi connectivity index (χ2n) is 7.21. The molecule has 0 spiro atoms. The molecule has 2 aliphatic rings. The number of fused-ring (bicyclic) bond motifs is 1. The van der Waals surface area contributed by atoms with Crippen LogP contribution in [0.3, 0.4) is 0 Å². The lowest BCUT2D eigenvalue weighted by molar-refractivity contribution is -0.126. The summed E-state index contributed by atoms with van der Waals surface area (Å²) in [5.41, 5.74) is 1.29. The number of carbonyl (C=O) groups is 1. The zero-order valence-corrected chi connectivity index (χ0v) is 15.9. The van der Waals surface area contributed by atoms with Gasteiger partial charge in [-0.1, -0.05) is 30.3 Å². The van der Waals surface area contributed by atoms with Gasteiger partial charge in [-0.05, 0) is 37.1 Å². The van der Waals surface area contributed by atoms with Crippen molar-refractivity contribution in [3.05, 3.63) is 54.1 Å². The minimum atomic E-state index is 0.0444. The summed E-state index contributed by atoms with van der Waals surface area (Å²) >= 11 is 0. The maximum absolute atomic E-state index is 12.5. The SMILES string of the molecule is O=C(NCCOc1ccc2c(c1)OCO2)C1CCCN(Cc2ccccc2)C1. The van der Waals surface area contributed by atoms with Crippen LogP contribution >= 0.6 is 0 Å². The second kappa shape index (κ2) is 8.97. The highest BCUT2D eigenvalue weighted by Gasteiger charge is 2.25. The molecule has 1 fully saturated rings. The first-order valence-corrected chi connectivity index (χ1v) is 9.84. The lowest BCUT2D eigenvalue weighted by Crippen LogP contribution is -2.43. The highest BCUT2D eigenvalue weighted by molar-refractivity contribution is 5.78. The van der Waals surface area contributed by atoms with Crippen molar-refractivity contribution < 1.29 is 19.0 Å². The van der Waals surface area contributed by atoms with E-state index in [0.717, 1.165) is 38.2 Å². The number of amides is 1. The highest BCUT2D eigenvalue weighted by atomic mass is 16.7. The molecule has 1 unspecified atom stereocenters. The molecule has 148 valence electrons. The molecule has 28 heavy (non-hydrogen) atoms. The van der Waals surface area contributed by atoms with Gasteiger partial charge in [0.1, 0.15) is 12.4 Å². The number of rotatable bonds is 7. The number of ether oxygens (including phenoxy) is 3. The Hall–Kier alpha value is -2.73. The highest BCUT2D eigenvalue weighted by Crippen LogP contribution is 2.35. The number of piperidine rings is 1. The number of hydrogen-bond acceptors (Lipinski definition) is 5. The van der Waals surface area contributed by atoms with Gasteiger partial charge in [0.05, 0.1) is 12.5 Å². The first kappa shape index (κ1) is 18.6. The zero-order valence-electron chi connectivity index (χ0n) is 15.9. The fraction of sp³-hybridized carbons (Fsp3) is 0.409. The molecule has 1 N–H and O–H groups in total. The summed E-state index contributed by atoms with van der Waals surface area (Å²) in [7, 11) is 0. The van der Waals surface area contributed by atoms with Crippen molar-refractivity contribution in [1.82, 2.24) is 10.2 Å². The van der Waals surface area contributed by atoms with Crippen LogP contribution in [0.1, 0.15) is 18.4 Å². The van der Waals surface area contributed by atoms with E-state index in [1.807, 2.05) is 24.3 Å². The van der Waals surface area contributed by atoms with Gasteiger partial charge in [0.25, 0.3) is 0 Å². The van der Waals surface area contributed by atoms with E-state index in [2.05, 4.69) is 34.5 Å². The second-order valence-corrected chi connectivity index (χ2v) is 7.21. The number of nitrogens with zero attached hydrogens (tertiary/aromatic N) is 1. The minimum absolute atomic E-state index is 0.0444. The predicted octanol–water partition coefficient (Wildman–Crippen LogP) is 2.82. The van der Waals surface area contributed by atoms with Gasteiger partial charge < -0.3 is 19.5 Å². The zero-order chi connectivity index (χ0) is 19.2. The largest absolute Gasteiger partial charge is 0.492 e. The number of nitrogens with one attached hydrogen (secondary N) is 1.